The lowest BCUT2D eigenvalue weighted by atomic mass is 10.1. The van der Waals surface area contributed by atoms with Gasteiger partial charge in [0.05, 0.1) is 0 Å². The van der Waals surface area contributed by atoms with Gasteiger partial charge in [0.2, 0.25) is 0 Å². The second-order valence-corrected chi connectivity index (χ2v) is 4.14. The fourth-order valence-corrected chi connectivity index (χ4v) is 1.66. The van der Waals surface area contributed by atoms with Gasteiger partial charge in [0, 0.05) is 6.42 Å². The molecule has 0 fully saturated rings. The van der Waals surface area contributed by atoms with E-state index in [0.29, 0.717) is 12.8 Å². The molecule has 0 aliphatic rings. The highest BCUT2D eigenvalue weighted by Crippen LogP contribution is 2.06. The number of hydrogen-bond acceptors (Lipinski definition) is 3. The topological polar surface area (TPSA) is 70.6 Å². The van der Waals surface area contributed by atoms with Gasteiger partial charge in [-0.25, -0.2) is 4.39 Å². The van der Waals surface area contributed by atoms with Gasteiger partial charge in [-0.2, -0.15) is 0 Å². The molecule has 0 radical (unpaired) electrons. The quantitative estimate of drug-likeness (QED) is 0.218. The number of nitrogens with two attached hydrogens (primary N) is 1. The average molecular weight is 253 g/mol. The van der Waals surface area contributed by atoms with Crippen molar-refractivity contribution in [2.75, 3.05) is 13.1 Å². The standard InChI is InChI=1S/C13H20FN3O/c14-12-6-2-1-5-11(12)8-10-16-9-4-3-7-13(15)17-18/h1-2,5-6,16,18H,3-4,7-10H2,(H2,15,17). The minimum Gasteiger partial charge on any atom is -0.409 e. The highest BCUT2D eigenvalue weighted by molar-refractivity contribution is 5.79. The Kier molecular flexibility index (Phi) is 6.79. The second kappa shape index (κ2) is 8.47. The summed E-state index contributed by atoms with van der Waals surface area (Å²) in [6.45, 7) is 1.61. The van der Waals surface area contributed by atoms with E-state index >= 15 is 0 Å². The molecule has 0 saturated carbocycles. The van der Waals surface area contributed by atoms with E-state index in [-0.39, 0.29) is 11.7 Å². The molecule has 100 valence electrons. The summed E-state index contributed by atoms with van der Waals surface area (Å²) in [6.07, 6.45) is 3.12. The maximum Gasteiger partial charge on any atom is 0.139 e. The van der Waals surface area contributed by atoms with Gasteiger partial charge in [-0.15, -0.1) is 0 Å². The molecule has 18 heavy (non-hydrogen) atoms. The molecule has 0 atom stereocenters. The Morgan fingerprint density at radius 2 is 2.06 bits per heavy atom. The number of unbranched alkanes of at least 4 members (excludes halogenated alkanes) is 1. The average Bonchev–Trinajstić information content (AvgIpc) is 2.39. The van der Waals surface area contributed by atoms with Crippen LogP contribution in [0.3, 0.4) is 0 Å². The van der Waals surface area contributed by atoms with Crippen LogP contribution >= 0.6 is 0 Å². The van der Waals surface area contributed by atoms with Crippen LogP contribution in [-0.4, -0.2) is 24.1 Å². The summed E-state index contributed by atoms with van der Waals surface area (Å²) in [7, 11) is 0. The smallest absolute Gasteiger partial charge is 0.139 e. The SMILES string of the molecule is N/C(CCCCNCCc1ccccc1F)=N\O. The van der Waals surface area contributed by atoms with Gasteiger partial charge in [0.1, 0.15) is 11.7 Å². The van der Waals surface area contributed by atoms with Gasteiger partial charge in [0.25, 0.3) is 0 Å². The predicted octanol–water partition coefficient (Wildman–Crippen LogP) is 1.87. The minimum absolute atomic E-state index is 0.147. The summed E-state index contributed by atoms with van der Waals surface area (Å²) >= 11 is 0. The van der Waals surface area contributed by atoms with Gasteiger partial charge >= 0.3 is 0 Å². The molecule has 1 rings (SSSR count). The van der Waals surface area contributed by atoms with Gasteiger partial charge in [0.15, 0.2) is 0 Å². The van der Waals surface area contributed by atoms with Crippen LogP contribution in [0.2, 0.25) is 0 Å². The summed E-state index contributed by atoms with van der Waals surface area (Å²) in [4.78, 5) is 0. The lowest BCUT2D eigenvalue weighted by molar-refractivity contribution is 0.316. The van der Waals surface area contributed by atoms with E-state index < -0.39 is 0 Å². The number of rotatable bonds is 8. The van der Waals surface area contributed by atoms with E-state index in [9.17, 15) is 4.39 Å². The molecule has 4 N–H and O–H groups in total. The first-order valence-corrected chi connectivity index (χ1v) is 6.14. The van der Waals surface area contributed by atoms with E-state index in [4.69, 9.17) is 10.9 Å². The molecule has 0 bridgehead atoms. The fourth-order valence-electron chi connectivity index (χ4n) is 1.66. The third kappa shape index (κ3) is 5.63. The van der Waals surface area contributed by atoms with E-state index in [1.54, 1.807) is 12.1 Å². The number of halogens is 1. The maximum absolute atomic E-state index is 13.3. The van der Waals surface area contributed by atoms with Crippen LogP contribution in [0.25, 0.3) is 0 Å². The summed E-state index contributed by atoms with van der Waals surface area (Å²) < 4.78 is 13.3. The van der Waals surface area contributed by atoms with Crippen molar-refractivity contribution < 1.29 is 9.60 Å². The van der Waals surface area contributed by atoms with Crippen LogP contribution in [0.1, 0.15) is 24.8 Å². The Hall–Kier alpha value is -1.62. The molecule has 0 spiro atoms. The molecule has 4 nitrogen and oxygen atoms in total. The van der Waals surface area contributed by atoms with Crippen LogP contribution in [-0.2, 0) is 6.42 Å². The van der Waals surface area contributed by atoms with Crippen molar-refractivity contribution in [3.8, 4) is 0 Å². The van der Waals surface area contributed by atoms with Crippen LogP contribution < -0.4 is 11.1 Å². The number of hydrogen-bond donors (Lipinski definition) is 3. The van der Waals surface area contributed by atoms with E-state index in [0.717, 1.165) is 31.5 Å². The molecule has 0 unspecified atom stereocenters. The minimum atomic E-state index is -0.147. The Labute approximate surface area is 107 Å². The largest absolute Gasteiger partial charge is 0.409 e. The first kappa shape index (κ1) is 14.4. The summed E-state index contributed by atoms with van der Waals surface area (Å²) in [6, 6.07) is 6.82. The summed E-state index contributed by atoms with van der Waals surface area (Å²) in [5, 5.41) is 14.5. The lowest BCUT2D eigenvalue weighted by Crippen LogP contribution is -2.19. The normalized spacial score (nSPS) is 11.7. The molecule has 0 amide bonds. The van der Waals surface area contributed by atoms with Crippen molar-refractivity contribution in [2.24, 2.45) is 10.9 Å². The Bertz CT molecular complexity index is 382. The monoisotopic (exact) mass is 253 g/mol. The highest BCUT2D eigenvalue weighted by atomic mass is 19.1. The number of amidine groups is 1. The summed E-state index contributed by atoms with van der Waals surface area (Å²) in [5.41, 5.74) is 6.08. The van der Waals surface area contributed by atoms with Crippen LogP contribution in [0, 0.1) is 5.82 Å². The molecular formula is C13H20FN3O. The molecule has 0 aliphatic heterocycles. The van der Waals surface area contributed by atoms with Crippen LogP contribution in [0.5, 0.6) is 0 Å². The molecule has 0 aliphatic carbocycles. The highest BCUT2D eigenvalue weighted by Gasteiger charge is 1.99. The van der Waals surface area contributed by atoms with Gasteiger partial charge in [-0.1, -0.05) is 23.4 Å². The maximum atomic E-state index is 13.3. The zero-order chi connectivity index (χ0) is 13.2. The molecule has 0 heterocycles. The third-order valence-electron chi connectivity index (χ3n) is 2.69. The molecule has 0 aromatic heterocycles. The molecule has 1 aromatic carbocycles. The van der Waals surface area contributed by atoms with Crippen molar-refractivity contribution in [3.05, 3.63) is 35.6 Å². The second-order valence-electron chi connectivity index (χ2n) is 4.14. The molecule has 1 aromatic rings. The van der Waals surface area contributed by atoms with E-state index in [1.807, 2.05) is 6.07 Å². The number of nitrogens with one attached hydrogen (secondary N) is 1. The number of nitrogens with zero attached hydrogens (tertiary/aromatic N) is 1. The van der Waals surface area contributed by atoms with Crippen LogP contribution in [0.15, 0.2) is 29.4 Å². The zero-order valence-corrected chi connectivity index (χ0v) is 10.4. The predicted molar refractivity (Wildman–Crippen MR) is 70.2 cm³/mol. The Balaban J connectivity index is 2.04. The Morgan fingerprint density at radius 1 is 1.28 bits per heavy atom. The van der Waals surface area contributed by atoms with Crippen molar-refractivity contribution >= 4 is 5.84 Å². The van der Waals surface area contributed by atoms with E-state index in [1.165, 1.54) is 6.07 Å². The number of oxime groups is 1. The summed E-state index contributed by atoms with van der Waals surface area (Å²) in [5.74, 6) is 0.118. The van der Waals surface area contributed by atoms with Crippen LogP contribution in [0.4, 0.5) is 4.39 Å². The lowest BCUT2D eigenvalue weighted by Gasteiger charge is -2.05. The molecular weight excluding hydrogens is 233 g/mol. The van der Waals surface area contributed by atoms with Gasteiger partial charge < -0.3 is 16.3 Å². The van der Waals surface area contributed by atoms with Crippen molar-refractivity contribution in [1.29, 1.82) is 0 Å². The first-order valence-electron chi connectivity index (χ1n) is 6.14. The molecule has 0 saturated heterocycles. The van der Waals surface area contributed by atoms with Gasteiger partial charge in [-0.3, -0.25) is 0 Å². The third-order valence-corrected chi connectivity index (χ3v) is 2.69. The number of benzene rings is 1. The van der Waals surface area contributed by atoms with Crippen molar-refractivity contribution in [1.82, 2.24) is 5.32 Å². The first-order chi connectivity index (χ1) is 8.74. The zero-order valence-electron chi connectivity index (χ0n) is 10.4. The van der Waals surface area contributed by atoms with Gasteiger partial charge in [-0.05, 0) is 44.0 Å². The molecule has 5 heteroatoms. The fraction of sp³-hybridized carbons (Fsp3) is 0.462. The van der Waals surface area contributed by atoms with Crippen molar-refractivity contribution in [2.45, 2.75) is 25.7 Å². The Morgan fingerprint density at radius 3 is 2.78 bits per heavy atom. The van der Waals surface area contributed by atoms with E-state index in [2.05, 4.69) is 10.5 Å². The van der Waals surface area contributed by atoms with Crippen molar-refractivity contribution in [3.63, 3.8) is 0 Å².